The quantitative estimate of drug-likeness (QED) is 0.727. The zero-order chi connectivity index (χ0) is 10.7. The number of halogens is 1. The van der Waals surface area contributed by atoms with Crippen molar-refractivity contribution in [2.75, 3.05) is 18.0 Å². The van der Waals surface area contributed by atoms with Gasteiger partial charge >= 0.3 is 5.69 Å². The van der Waals surface area contributed by atoms with Gasteiger partial charge in [0.2, 0.25) is 0 Å². The fraction of sp³-hybridized carbons (Fsp3) is 0.500. The first-order chi connectivity index (χ1) is 6.60. The van der Waals surface area contributed by atoms with Gasteiger partial charge in [0.05, 0.1) is 0 Å². The number of nitrogens with one attached hydrogen (secondary N) is 2. The van der Waals surface area contributed by atoms with Crippen LogP contribution in [0.2, 0.25) is 5.15 Å². The second kappa shape index (κ2) is 4.32. The van der Waals surface area contributed by atoms with Crippen molar-refractivity contribution in [1.29, 1.82) is 0 Å². The van der Waals surface area contributed by atoms with Crippen LogP contribution in [0, 0.1) is 0 Å². The van der Waals surface area contributed by atoms with Crippen molar-refractivity contribution in [2.24, 2.45) is 0 Å². The molecule has 78 valence electrons. The Labute approximate surface area is 85.7 Å². The molecule has 5 nitrogen and oxygen atoms in total. The maximum absolute atomic E-state index is 11.4. The predicted octanol–water partition coefficient (Wildman–Crippen LogP) is 0.563. The molecule has 0 saturated carbocycles. The highest BCUT2D eigenvalue weighted by Crippen LogP contribution is 2.15. The first-order valence-electron chi connectivity index (χ1n) is 4.37. The number of nitrogens with zero attached hydrogens (tertiary/aromatic N) is 1. The van der Waals surface area contributed by atoms with Gasteiger partial charge in [0.15, 0.2) is 0 Å². The fourth-order valence-electron chi connectivity index (χ4n) is 1.27. The molecule has 6 heteroatoms. The number of aromatic nitrogens is 2. The minimum Gasteiger partial charge on any atom is -0.365 e. The van der Waals surface area contributed by atoms with Gasteiger partial charge in [-0.3, -0.25) is 14.8 Å². The van der Waals surface area contributed by atoms with Crippen molar-refractivity contribution in [2.45, 2.75) is 13.8 Å². The number of H-pyrrole nitrogens is 2. The highest BCUT2D eigenvalue weighted by atomic mass is 35.5. The number of anilines is 1. The number of hydrogen-bond donors (Lipinski definition) is 2. The first-order valence-corrected chi connectivity index (χ1v) is 4.75. The smallest absolute Gasteiger partial charge is 0.326 e. The Morgan fingerprint density at radius 1 is 1.21 bits per heavy atom. The van der Waals surface area contributed by atoms with E-state index in [0.29, 0.717) is 18.8 Å². The van der Waals surface area contributed by atoms with Crippen molar-refractivity contribution in [1.82, 2.24) is 9.97 Å². The van der Waals surface area contributed by atoms with E-state index in [2.05, 4.69) is 9.97 Å². The van der Waals surface area contributed by atoms with Crippen molar-refractivity contribution in [3.63, 3.8) is 0 Å². The lowest BCUT2D eigenvalue weighted by atomic mass is 10.4. The lowest BCUT2D eigenvalue weighted by Crippen LogP contribution is -2.33. The van der Waals surface area contributed by atoms with Crippen LogP contribution in [0.3, 0.4) is 0 Å². The van der Waals surface area contributed by atoms with E-state index in [1.807, 2.05) is 13.8 Å². The van der Waals surface area contributed by atoms with Crippen molar-refractivity contribution in [3.8, 4) is 0 Å². The van der Waals surface area contributed by atoms with Gasteiger partial charge in [-0.05, 0) is 13.8 Å². The predicted molar refractivity (Wildman–Crippen MR) is 56.3 cm³/mol. The number of rotatable bonds is 3. The standard InChI is InChI=1S/C8H12ClN3O2/c1-3-12(4-2)5-6(9)10-8(14)11-7(5)13/h3-4H2,1-2H3,(H2,10,11,13,14). The minimum atomic E-state index is -0.587. The Morgan fingerprint density at radius 2 is 1.79 bits per heavy atom. The molecule has 0 aromatic carbocycles. The maximum Gasteiger partial charge on any atom is 0.326 e. The lowest BCUT2D eigenvalue weighted by molar-refractivity contribution is 0.843. The van der Waals surface area contributed by atoms with Gasteiger partial charge in [0, 0.05) is 13.1 Å². The summed E-state index contributed by atoms with van der Waals surface area (Å²) >= 11 is 5.77. The largest absolute Gasteiger partial charge is 0.365 e. The van der Waals surface area contributed by atoms with Gasteiger partial charge in [0.1, 0.15) is 10.8 Å². The van der Waals surface area contributed by atoms with Crippen LogP contribution >= 0.6 is 11.6 Å². The van der Waals surface area contributed by atoms with Crippen LogP contribution in [0.1, 0.15) is 13.8 Å². The number of hydrogen-bond acceptors (Lipinski definition) is 3. The molecule has 1 rings (SSSR count). The summed E-state index contributed by atoms with van der Waals surface area (Å²) in [5, 5.41) is 0.0856. The normalized spacial score (nSPS) is 10.2. The van der Waals surface area contributed by atoms with Gasteiger partial charge in [-0.25, -0.2) is 4.79 Å². The summed E-state index contributed by atoms with van der Waals surface area (Å²) in [5.41, 5.74) is -0.727. The molecule has 0 aliphatic carbocycles. The van der Waals surface area contributed by atoms with Crippen LogP contribution in [0.25, 0.3) is 0 Å². The van der Waals surface area contributed by atoms with Crippen molar-refractivity contribution in [3.05, 3.63) is 26.0 Å². The summed E-state index contributed by atoms with van der Waals surface area (Å²) in [6.07, 6.45) is 0. The molecule has 1 aromatic rings. The molecule has 0 spiro atoms. The zero-order valence-corrected chi connectivity index (χ0v) is 8.81. The lowest BCUT2D eigenvalue weighted by Gasteiger charge is -2.20. The third-order valence-corrected chi connectivity index (χ3v) is 2.23. The monoisotopic (exact) mass is 217 g/mol. The Hall–Kier alpha value is -1.23. The molecule has 0 bridgehead atoms. The third kappa shape index (κ3) is 1.98. The van der Waals surface area contributed by atoms with Gasteiger partial charge < -0.3 is 4.90 Å². The average molecular weight is 218 g/mol. The highest BCUT2D eigenvalue weighted by Gasteiger charge is 2.12. The number of aromatic amines is 2. The van der Waals surface area contributed by atoms with Gasteiger partial charge in [-0.1, -0.05) is 11.6 Å². The summed E-state index contributed by atoms with van der Waals surface area (Å²) in [7, 11) is 0. The van der Waals surface area contributed by atoms with E-state index in [1.54, 1.807) is 4.90 Å². The minimum absolute atomic E-state index is 0.0856. The maximum atomic E-state index is 11.4. The van der Waals surface area contributed by atoms with Crippen LogP contribution in [0.5, 0.6) is 0 Å². The van der Waals surface area contributed by atoms with Crippen LogP contribution in [-0.2, 0) is 0 Å². The molecule has 0 amide bonds. The van der Waals surface area contributed by atoms with E-state index in [4.69, 9.17) is 11.6 Å². The molecule has 14 heavy (non-hydrogen) atoms. The SMILES string of the molecule is CCN(CC)c1c(Cl)[nH]c(=O)[nH]c1=O. The van der Waals surface area contributed by atoms with Crippen LogP contribution in [0.15, 0.2) is 9.59 Å². The molecule has 0 fully saturated rings. The molecule has 1 heterocycles. The highest BCUT2D eigenvalue weighted by molar-refractivity contribution is 6.31. The molecular weight excluding hydrogens is 206 g/mol. The second-order valence-corrected chi connectivity index (χ2v) is 3.12. The summed E-state index contributed by atoms with van der Waals surface area (Å²) in [6.45, 7) is 5.13. The van der Waals surface area contributed by atoms with Crippen LogP contribution in [0.4, 0.5) is 5.69 Å². The molecule has 0 aliphatic heterocycles. The fourth-order valence-corrected chi connectivity index (χ4v) is 1.57. The van der Waals surface area contributed by atoms with E-state index >= 15 is 0 Å². The topological polar surface area (TPSA) is 69.0 Å². The molecule has 0 saturated heterocycles. The summed E-state index contributed by atoms with van der Waals surface area (Å²) < 4.78 is 0. The Balaban J connectivity index is 3.33. The molecule has 0 radical (unpaired) electrons. The Bertz CT molecular complexity index is 419. The first kappa shape index (κ1) is 10.8. The average Bonchev–Trinajstić information content (AvgIpc) is 2.10. The van der Waals surface area contributed by atoms with Gasteiger partial charge in [-0.2, -0.15) is 0 Å². The van der Waals surface area contributed by atoms with E-state index < -0.39 is 11.2 Å². The Morgan fingerprint density at radius 3 is 2.21 bits per heavy atom. The molecule has 2 N–H and O–H groups in total. The van der Waals surface area contributed by atoms with Gasteiger partial charge in [0.25, 0.3) is 5.56 Å². The second-order valence-electron chi connectivity index (χ2n) is 2.74. The molecular formula is C8H12ClN3O2. The zero-order valence-electron chi connectivity index (χ0n) is 8.06. The summed E-state index contributed by atoms with van der Waals surface area (Å²) in [5.74, 6) is 0. The van der Waals surface area contributed by atoms with E-state index in [-0.39, 0.29) is 5.15 Å². The van der Waals surface area contributed by atoms with Gasteiger partial charge in [-0.15, -0.1) is 0 Å². The van der Waals surface area contributed by atoms with Crippen molar-refractivity contribution < 1.29 is 0 Å². The third-order valence-electron chi connectivity index (χ3n) is 1.95. The molecule has 1 aromatic heterocycles. The van der Waals surface area contributed by atoms with E-state index in [9.17, 15) is 9.59 Å². The molecule has 0 unspecified atom stereocenters. The molecule has 0 aliphatic rings. The van der Waals surface area contributed by atoms with Crippen LogP contribution in [-0.4, -0.2) is 23.1 Å². The summed E-state index contributed by atoms with van der Waals surface area (Å²) in [4.78, 5) is 28.5. The Kier molecular flexibility index (Phi) is 3.35. The molecule has 0 atom stereocenters. The van der Waals surface area contributed by atoms with E-state index in [1.165, 1.54) is 0 Å². The van der Waals surface area contributed by atoms with Crippen molar-refractivity contribution >= 4 is 17.3 Å². The summed E-state index contributed by atoms with van der Waals surface area (Å²) in [6, 6.07) is 0. The van der Waals surface area contributed by atoms with E-state index in [0.717, 1.165) is 0 Å². The van der Waals surface area contributed by atoms with Crippen LogP contribution < -0.4 is 16.1 Å².